The van der Waals surface area contributed by atoms with E-state index in [4.69, 9.17) is 16.7 Å². The standard InChI is InChI=1S/C19H21ClN2O5S/c20-13-5-7-17(22-9-3-1-2-4-10-22)16(11-13)21-28(26,27)14-6-8-18(23)15(12-14)19(24)25/h5-8,11-12,21,23H,1-4,9-10H2,(H,24,25). The molecule has 3 rings (SSSR count). The maximum absolute atomic E-state index is 12.9. The van der Waals surface area contributed by atoms with E-state index in [0.717, 1.165) is 62.7 Å². The summed E-state index contributed by atoms with van der Waals surface area (Å²) < 4.78 is 28.2. The number of aromatic hydroxyl groups is 1. The molecule has 1 aliphatic heterocycles. The van der Waals surface area contributed by atoms with Crippen molar-refractivity contribution < 1.29 is 23.4 Å². The highest BCUT2D eigenvalue weighted by Gasteiger charge is 2.22. The maximum atomic E-state index is 12.9. The van der Waals surface area contributed by atoms with Crippen LogP contribution in [-0.4, -0.2) is 37.7 Å². The number of phenols is 1. The van der Waals surface area contributed by atoms with Crippen LogP contribution >= 0.6 is 11.6 Å². The van der Waals surface area contributed by atoms with Crippen molar-refractivity contribution in [1.29, 1.82) is 0 Å². The first-order chi connectivity index (χ1) is 13.3. The van der Waals surface area contributed by atoms with Gasteiger partial charge in [-0.05, 0) is 49.2 Å². The molecular formula is C19H21ClN2O5S. The molecule has 0 spiro atoms. The number of hydrogen-bond acceptors (Lipinski definition) is 5. The predicted molar refractivity (Wildman–Crippen MR) is 108 cm³/mol. The molecule has 2 aromatic rings. The quantitative estimate of drug-likeness (QED) is 0.671. The van der Waals surface area contributed by atoms with Crippen LogP contribution in [0.3, 0.4) is 0 Å². The summed E-state index contributed by atoms with van der Waals surface area (Å²) in [5.41, 5.74) is 0.577. The number of carbonyl (C=O) groups is 1. The largest absolute Gasteiger partial charge is 0.507 e. The van der Waals surface area contributed by atoms with Gasteiger partial charge >= 0.3 is 5.97 Å². The second-order valence-corrected chi connectivity index (χ2v) is 8.77. The maximum Gasteiger partial charge on any atom is 0.339 e. The molecule has 0 unspecified atom stereocenters. The molecule has 0 radical (unpaired) electrons. The van der Waals surface area contributed by atoms with Crippen molar-refractivity contribution in [1.82, 2.24) is 0 Å². The summed E-state index contributed by atoms with van der Waals surface area (Å²) in [6, 6.07) is 8.16. The summed E-state index contributed by atoms with van der Waals surface area (Å²) >= 11 is 6.09. The minimum atomic E-state index is -4.08. The number of nitrogens with zero attached hydrogens (tertiary/aromatic N) is 1. The van der Waals surface area contributed by atoms with Gasteiger partial charge in [-0.25, -0.2) is 13.2 Å². The minimum Gasteiger partial charge on any atom is -0.507 e. The van der Waals surface area contributed by atoms with E-state index in [2.05, 4.69) is 9.62 Å². The van der Waals surface area contributed by atoms with Crippen molar-refractivity contribution in [2.24, 2.45) is 0 Å². The highest BCUT2D eigenvalue weighted by Crippen LogP contribution is 2.33. The van der Waals surface area contributed by atoms with Gasteiger partial charge in [0.05, 0.1) is 16.3 Å². The molecule has 1 aliphatic rings. The van der Waals surface area contributed by atoms with Gasteiger partial charge in [0.2, 0.25) is 0 Å². The SMILES string of the molecule is O=C(O)c1cc(S(=O)(=O)Nc2cc(Cl)ccc2N2CCCCCC2)ccc1O. The Morgan fingerprint density at radius 3 is 2.36 bits per heavy atom. The van der Waals surface area contributed by atoms with E-state index in [1.54, 1.807) is 12.1 Å². The van der Waals surface area contributed by atoms with Gasteiger partial charge in [0.25, 0.3) is 10.0 Å². The molecule has 9 heteroatoms. The van der Waals surface area contributed by atoms with Crippen molar-refractivity contribution in [2.45, 2.75) is 30.6 Å². The van der Waals surface area contributed by atoms with Crippen LogP contribution in [0.1, 0.15) is 36.0 Å². The van der Waals surface area contributed by atoms with Crippen LogP contribution in [0, 0.1) is 0 Å². The van der Waals surface area contributed by atoms with Crippen molar-refractivity contribution in [3.63, 3.8) is 0 Å². The zero-order chi connectivity index (χ0) is 20.3. The van der Waals surface area contributed by atoms with Crippen molar-refractivity contribution in [3.8, 4) is 5.75 Å². The lowest BCUT2D eigenvalue weighted by Crippen LogP contribution is -2.25. The number of halogens is 1. The Morgan fingerprint density at radius 1 is 1.04 bits per heavy atom. The fraction of sp³-hybridized carbons (Fsp3) is 0.316. The summed E-state index contributed by atoms with van der Waals surface area (Å²) in [5.74, 6) is -1.91. The van der Waals surface area contributed by atoms with Gasteiger partial charge in [-0.1, -0.05) is 24.4 Å². The fourth-order valence-corrected chi connectivity index (χ4v) is 4.50. The third-order valence-corrected chi connectivity index (χ3v) is 6.26. The van der Waals surface area contributed by atoms with Gasteiger partial charge < -0.3 is 15.1 Å². The fourth-order valence-electron chi connectivity index (χ4n) is 3.23. The van der Waals surface area contributed by atoms with Crippen LogP contribution in [0.5, 0.6) is 5.75 Å². The molecule has 1 heterocycles. The van der Waals surface area contributed by atoms with Gasteiger partial charge in [0.1, 0.15) is 11.3 Å². The van der Waals surface area contributed by atoms with E-state index in [9.17, 15) is 18.3 Å². The summed E-state index contributed by atoms with van der Waals surface area (Å²) in [6.07, 6.45) is 4.32. The second kappa shape index (κ2) is 8.28. The number of sulfonamides is 1. The van der Waals surface area contributed by atoms with Crippen molar-refractivity contribution in [2.75, 3.05) is 22.7 Å². The lowest BCUT2D eigenvalue weighted by molar-refractivity contribution is 0.0693. The van der Waals surface area contributed by atoms with Crippen LogP contribution in [0.4, 0.5) is 11.4 Å². The van der Waals surface area contributed by atoms with Crippen molar-refractivity contribution in [3.05, 3.63) is 47.0 Å². The lowest BCUT2D eigenvalue weighted by atomic mass is 10.2. The molecule has 0 amide bonds. The molecule has 7 nitrogen and oxygen atoms in total. The number of benzene rings is 2. The van der Waals surface area contributed by atoms with E-state index in [1.807, 2.05) is 0 Å². The molecule has 1 saturated heterocycles. The number of anilines is 2. The average Bonchev–Trinajstić information content (AvgIpc) is 2.91. The molecule has 0 saturated carbocycles. The Balaban J connectivity index is 1.97. The topological polar surface area (TPSA) is 107 Å². The highest BCUT2D eigenvalue weighted by molar-refractivity contribution is 7.92. The molecule has 0 aliphatic carbocycles. The summed E-state index contributed by atoms with van der Waals surface area (Å²) in [6.45, 7) is 1.64. The highest BCUT2D eigenvalue weighted by atomic mass is 35.5. The number of rotatable bonds is 5. The molecule has 0 aromatic heterocycles. The molecule has 28 heavy (non-hydrogen) atoms. The van der Waals surface area contributed by atoms with Crippen LogP contribution in [0.2, 0.25) is 5.02 Å². The monoisotopic (exact) mass is 424 g/mol. The van der Waals surface area contributed by atoms with Crippen LogP contribution in [0.25, 0.3) is 0 Å². The average molecular weight is 425 g/mol. The van der Waals surface area contributed by atoms with Gasteiger partial charge in [-0.2, -0.15) is 0 Å². The van der Waals surface area contributed by atoms with Gasteiger partial charge in [-0.3, -0.25) is 4.72 Å². The Labute approximate surface area is 168 Å². The van der Waals surface area contributed by atoms with Gasteiger partial charge in [0.15, 0.2) is 0 Å². The second-order valence-electron chi connectivity index (χ2n) is 6.65. The normalized spacial score (nSPS) is 15.1. The molecular weight excluding hydrogens is 404 g/mol. The number of carboxylic acid groups (broad SMARTS) is 1. The summed E-state index contributed by atoms with van der Waals surface area (Å²) in [7, 11) is -4.08. The van der Waals surface area contributed by atoms with E-state index in [-0.39, 0.29) is 4.90 Å². The van der Waals surface area contributed by atoms with E-state index in [1.165, 1.54) is 6.07 Å². The minimum absolute atomic E-state index is 0.260. The Hall–Kier alpha value is -2.45. The molecule has 0 atom stereocenters. The Morgan fingerprint density at radius 2 is 1.71 bits per heavy atom. The first kappa shape index (κ1) is 20.3. The molecule has 1 fully saturated rings. The van der Waals surface area contributed by atoms with Gasteiger partial charge in [-0.15, -0.1) is 0 Å². The smallest absolute Gasteiger partial charge is 0.339 e. The van der Waals surface area contributed by atoms with Crippen LogP contribution in [0.15, 0.2) is 41.3 Å². The van der Waals surface area contributed by atoms with Crippen molar-refractivity contribution >= 4 is 39.0 Å². The van der Waals surface area contributed by atoms with Gasteiger partial charge in [0, 0.05) is 18.1 Å². The molecule has 2 aromatic carbocycles. The van der Waals surface area contributed by atoms with Crippen LogP contribution < -0.4 is 9.62 Å². The van der Waals surface area contributed by atoms with E-state index in [0.29, 0.717) is 10.7 Å². The third kappa shape index (κ3) is 4.51. The number of carboxylic acids is 1. The number of aromatic carboxylic acids is 1. The number of hydrogen-bond donors (Lipinski definition) is 3. The predicted octanol–water partition coefficient (Wildman–Crippen LogP) is 3.93. The molecule has 0 bridgehead atoms. The summed E-state index contributed by atoms with van der Waals surface area (Å²) in [4.78, 5) is 13.1. The number of nitrogens with one attached hydrogen (secondary N) is 1. The third-order valence-electron chi connectivity index (χ3n) is 4.66. The molecule has 3 N–H and O–H groups in total. The Bertz CT molecular complexity index is 986. The zero-order valence-corrected chi connectivity index (χ0v) is 16.6. The Kier molecular flexibility index (Phi) is 6.00. The summed E-state index contributed by atoms with van der Waals surface area (Å²) in [5, 5.41) is 19.1. The van der Waals surface area contributed by atoms with E-state index < -0.39 is 27.3 Å². The molecule has 150 valence electrons. The first-order valence-corrected chi connectivity index (χ1v) is 10.8. The van der Waals surface area contributed by atoms with Crippen LogP contribution in [-0.2, 0) is 10.0 Å². The first-order valence-electron chi connectivity index (χ1n) is 8.91. The lowest BCUT2D eigenvalue weighted by Gasteiger charge is -2.26. The zero-order valence-electron chi connectivity index (χ0n) is 15.1. The van der Waals surface area contributed by atoms with E-state index >= 15 is 0 Å².